The summed E-state index contributed by atoms with van der Waals surface area (Å²) in [6, 6.07) is 0. The van der Waals surface area contributed by atoms with Crippen molar-refractivity contribution in [2.45, 2.75) is 58.5 Å². The molecular weight excluding hydrogens is 220 g/mol. The summed E-state index contributed by atoms with van der Waals surface area (Å²) < 4.78 is 10.2. The molecule has 17 heavy (non-hydrogen) atoms. The Bertz CT molecular complexity index is 254. The predicted molar refractivity (Wildman–Crippen MR) is 63.4 cm³/mol. The van der Waals surface area contributed by atoms with Crippen LogP contribution in [0.1, 0.15) is 52.4 Å². The highest BCUT2D eigenvalue weighted by Gasteiger charge is 2.20. The first-order valence-corrected chi connectivity index (χ1v) is 6.43. The molecule has 0 saturated heterocycles. The lowest BCUT2D eigenvalue weighted by atomic mass is 9.98. The van der Waals surface area contributed by atoms with Gasteiger partial charge in [0.2, 0.25) is 0 Å². The van der Waals surface area contributed by atoms with Crippen LogP contribution >= 0.6 is 0 Å². The molecule has 0 amide bonds. The number of hydrogen-bond acceptors (Lipinski definition) is 4. The van der Waals surface area contributed by atoms with Crippen LogP contribution in [0, 0.1) is 5.92 Å². The van der Waals surface area contributed by atoms with E-state index in [0.29, 0.717) is 6.61 Å². The lowest BCUT2D eigenvalue weighted by Crippen LogP contribution is -2.23. The molecular formula is C13H22O4. The monoisotopic (exact) mass is 242 g/mol. The molecule has 0 N–H and O–H groups in total. The lowest BCUT2D eigenvalue weighted by Gasteiger charge is -2.21. The third kappa shape index (κ3) is 6.29. The van der Waals surface area contributed by atoms with Crippen LogP contribution in [0.5, 0.6) is 0 Å². The molecule has 0 bridgehead atoms. The molecule has 1 aliphatic carbocycles. The van der Waals surface area contributed by atoms with E-state index in [4.69, 9.17) is 9.47 Å². The highest BCUT2D eigenvalue weighted by Crippen LogP contribution is 2.20. The first-order chi connectivity index (χ1) is 8.08. The minimum Gasteiger partial charge on any atom is -0.465 e. The summed E-state index contributed by atoms with van der Waals surface area (Å²) in [5, 5.41) is 0. The zero-order valence-electron chi connectivity index (χ0n) is 10.7. The van der Waals surface area contributed by atoms with Crippen LogP contribution in [0.2, 0.25) is 0 Å². The maximum absolute atomic E-state index is 11.4. The average Bonchev–Trinajstić information content (AvgIpc) is 2.27. The average molecular weight is 242 g/mol. The number of carbonyl (C=O) groups excluding carboxylic acids is 2. The first kappa shape index (κ1) is 14.0. The Morgan fingerprint density at radius 2 is 1.76 bits per heavy atom. The predicted octanol–water partition coefficient (Wildman–Crippen LogP) is 2.45. The van der Waals surface area contributed by atoms with Gasteiger partial charge in [0.05, 0.1) is 6.61 Å². The summed E-state index contributed by atoms with van der Waals surface area (Å²) >= 11 is 0. The molecule has 0 aromatic heterocycles. The van der Waals surface area contributed by atoms with Gasteiger partial charge in [-0.1, -0.05) is 20.3 Å². The second-order valence-corrected chi connectivity index (χ2v) is 5.00. The molecule has 0 heterocycles. The van der Waals surface area contributed by atoms with Gasteiger partial charge >= 0.3 is 11.9 Å². The summed E-state index contributed by atoms with van der Waals surface area (Å²) in [4.78, 5) is 22.7. The Labute approximate surface area is 103 Å². The smallest absolute Gasteiger partial charge is 0.317 e. The highest BCUT2D eigenvalue weighted by atomic mass is 16.6. The standard InChI is InChI=1S/C13H22O4/c1-10(2)9-16-12(14)8-13(15)17-11-6-4-3-5-7-11/h10-11H,3-9H2,1-2H3. The Morgan fingerprint density at radius 1 is 1.12 bits per heavy atom. The lowest BCUT2D eigenvalue weighted by molar-refractivity contribution is -0.159. The normalized spacial score (nSPS) is 16.9. The van der Waals surface area contributed by atoms with Gasteiger partial charge in [0.15, 0.2) is 0 Å². The highest BCUT2D eigenvalue weighted by molar-refractivity contribution is 5.91. The van der Waals surface area contributed by atoms with Crippen molar-refractivity contribution in [1.29, 1.82) is 0 Å². The van der Waals surface area contributed by atoms with E-state index in [2.05, 4.69) is 0 Å². The van der Waals surface area contributed by atoms with Crippen LogP contribution in [0.3, 0.4) is 0 Å². The van der Waals surface area contributed by atoms with Gasteiger partial charge in [0.25, 0.3) is 0 Å². The van der Waals surface area contributed by atoms with E-state index < -0.39 is 11.9 Å². The molecule has 0 aliphatic heterocycles. The quantitative estimate of drug-likeness (QED) is 0.549. The molecule has 0 unspecified atom stereocenters. The maximum atomic E-state index is 11.4. The third-order valence-electron chi connectivity index (χ3n) is 2.72. The van der Waals surface area contributed by atoms with Gasteiger partial charge in [-0.2, -0.15) is 0 Å². The molecule has 0 atom stereocenters. The van der Waals surface area contributed by atoms with Crippen molar-refractivity contribution in [3.05, 3.63) is 0 Å². The number of rotatable bonds is 5. The van der Waals surface area contributed by atoms with Crippen molar-refractivity contribution in [1.82, 2.24) is 0 Å². The van der Waals surface area contributed by atoms with E-state index in [-0.39, 0.29) is 18.4 Å². The number of carbonyl (C=O) groups is 2. The van der Waals surface area contributed by atoms with Crippen LogP contribution in [0.4, 0.5) is 0 Å². The molecule has 98 valence electrons. The van der Waals surface area contributed by atoms with Crippen molar-refractivity contribution in [3.8, 4) is 0 Å². The van der Waals surface area contributed by atoms with Gasteiger partial charge < -0.3 is 9.47 Å². The first-order valence-electron chi connectivity index (χ1n) is 6.43. The van der Waals surface area contributed by atoms with Crippen molar-refractivity contribution in [3.63, 3.8) is 0 Å². The Balaban J connectivity index is 2.17. The molecule has 1 aliphatic rings. The van der Waals surface area contributed by atoms with E-state index in [0.717, 1.165) is 25.7 Å². The van der Waals surface area contributed by atoms with E-state index in [1.807, 2.05) is 13.8 Å². The molecule has 4 nitrogen and oxygen atoms in total. The maximum Gasteiger partial charge on any atom is 0.317 e. The van der Waals surface area contributed by atoms with Crippen molar-refractivity contribution in [2.24, 2.45) is 5.92 Å². The Kier molecular flexibility index (Phi) is 6.01. The number of ether oxygens (including phenoxy) is 2. The molecule has 0 spiro atoms. The second kappa shape index (κ2) is 7.30. The van der Waals surface area contributed by atoms with Crippen LogP contribution in [0.25, 0.3) is 0 Å². The van der Waals surface area contributed by atoms with Crippen LogP contribution in [0.15, 0.2) is 0 Å². The van der Waals surface area contributed by atoms with E-state index in [1.165, 1.54) is 6.42 Å². The second-order valence-electron chi connectivity index (χ2n) is 5.00. The van der Waals surface area contributed by atoms with Gasteiger partial charge in [0.1, 0.15) is 12.5 Å². The van der Waals surface area contributed by atoms with Crippen LogP contribution < -0.4 is 0 Å². The van der Waals surface area contributed by atoms with Gasteiger partial charge in [-0.05, 0) is 31.6 Å². The number of esters is 2. The molecule has 0 aromatic carbocycles. The largest absolute Gasteiger partial charge is 0.465 e. The van der Waals surface area contributed by atoms with Gasteiger partial charge in [-0.25, -0.2) is 0 Å². The molecule has 0 radical (unpaired) electrons. The molecule has 1 fully saturated rings. The number of hydrogen-bond donors (Lipinski definition) is 0. The minimum atomic E-state index is -0.487. The van der Waals surface area contributed by atoms with Gasteiger partial charge in [0, 0.05) is 0 Å². The Morgan fingerprint density at radius 3 is 2.35 bits per heavy atom. The zero-order valence-corrected chi connectivity index (χ0v) is 10.7. The molecule has 0 aromatic rings. The molecule has 4 heteroatoms. The summed E-state index contributed by atoms with van der Waals surface area (Å²) in [6.45, 7) is 4.26. The van der Waals surface area contributed by atoms with E-state index >= 15 is 0 Å². The summed E-state index contributed by atoms with van der Waals surface area (Å²) in [7, 11) is 0. The van der Waals surface area contributed by atoms with Crippen LogP contribution in [-0.2, 0) is 19.1 Å². The SMILES string of the molecule is CC(C)COC(=O)CC(=O)OC1CCCCC1. The summed E-state index contributed by atoms with van der Waals surface area (Å²) in [5.74, 6) is -0.654. The fourth-order valence-electron chi connectivity index (χ4n) is 1.84. The van der Waals surface area contributed by atoms with E-state index in [9.17, 15) is 9.59 Å². The zero-order chi connectivity index (χ0) is 12.7. The van der Waals surface area contributed by atoms with Crippen molar-refractivity contribution < 1.29 is 19.1 Å². The third-order valence-corrected chi connectivity index (χ3v) is 2.72. The van der Waals surface area contributed by atoms with Gasteiger partial charge in [-0.3, -0.25) is 9.59 Å². The van der Waals surface area contributed by atoms with Gasteiger partial charge in [-0.15, -0.1) is 0 Å². The van der Waals surface area contributed by atoms with Crippen molar-refractivity contribution >= 4 is 11.9 Å². The summed E-state index contributed by atoms with van der Waals surface area (Å²) in [6.07, 6.45) is 5.02. The molecule has 1 saturated carbocycles. The minimum absolute atomic E-state index is 0.00847. The van der Waals surface area contributed by atoms with Crippen LogP contribution in [-0.4, -0.2) is 24.6 Å². The van der Waals surface area contributed by atoms with E-state index in [1.54, 1.807) is 0 Å². The Hall–Kier alpha value is -1.06. The molecule has 1 rings (SSSR count). The fraction of sp³-hybridized carbons (Fsp3) is 0.846. The summed E-state index contributed by atoms with van der Waals surface area (Å²) in [5.41, 5.74) is 0. The topological polar surface area (TPSA) is 52.6 Å². The fourth-order valence-corrected chi connectivity index (χ4v) is 1.84. The van der Waals surface area contributed by atoms with Crippen molar-refractivity contribution in [2.75, 3.05) is 6.61 Å².